The van der Waals surface area contributed by atoms with E-state index in [0.717, 1.165) is 11.8 Å². The molecular formula is C9H13NO4S. The van der Waals surface area contributed by atoms with Crippen molar-refractivity contribution in [3.05, 3.63) is 0 Å². The summed E-state index contributed by atoms with van der Waals surface area (Å²) in [4.78, 5) is 34.9. The number of hydrogen-bond acceptors (Lipinski definition) is 5. The monoisotopic (exact) mass is 231 g/mol. The second-order valence-corrected chi connectivity index (χ2v) is 5.21. The molecule has 1 heterocycles. The molecule has 5 nitrogen and oxygen atoms in total. The summed E-state index contributed by atoms with van der Waals surface area (Å²) in [6, 6.07) is 0. The maximum absolute atomic E-state index is 11.6. The minimum atomic E-state index is -0.873. The highest BCUT2D eigenvalue weighted by molar-refractivity contribution is 8.16. The molecule has 3 amide bonds. The van der Waals surface area contributed by atoms with E-state index in [4.69, 9.17) is 4.74 Å². The van der Waals surface area contributed by atoms with E-state index < -0.39 is 22.0 Å². The standard InChI is InChI=1S/C9H13NO4S/c1-4-5-14-7(12)10-6(11)9(2,3)15-8(10)13/h4-5H2,1-3H3. The molecule has 0 aromatic heterocycles. The zero-order chi connectivity index (χ0) is 11.6. The van der Waals surface area contributed by atoms with Crippen LogP contribution in [0.25, 0.3) is 0 Å². The molecule has 0 aromatic rings. The molecule has 0 spiro atoms. The fourth-order valence-electron chi connectivity index (χ4n) is 1.07. The molecule has 15 heavy (non-hydrogen) atoms. The minimum Gasteiger partial charge on any atom is -0.449 e. The molecule has 1 rings (SSSR count). The van der Waals surface area contributed by atoms with E-state index >= 15 is 0 Å². The van der Waals surface area contributed by atoms with Gasteiger partial charge in [-0.1, -0.05) is 6.92 Å². The Morgan fingerprint density at radius 1 is 1.47 bits per heavy atom. The summed E-state index contributed by atoms with van der Waals surface area (Å²) in [7, 11) is 0. The van der Waals surface area contributed by atoms with Crippen molar-refractivity contribution in [3.8, 4) is 0 Å². The van der Waals surface area contributed by atoms with Crippen molar-refractivity contribution in [2.45, 2.75) is 31.9 Å². The van der Waals surface area contributed by atoms with Crippen LogP contribution in [0.4, 0.5) is 9.59 Å². The first-order chi connectivity index (χ1) is 6.90. The Kier molecular flexibility index (Phi) is 3.38. The van der Waals surface area contributed by atoms with Crippen LogP contribution < -0.4 is 0 Å². The lowest BCUT2D eigenvalue weighted by atomic mass is 10.2. The number of carbonyl (C=O) groups is 3. The van der Waals surface area contributed by atoms with Crippen LogP contribution >= 0.6 is 11.8 Å². The summed E-state index contributed by atoms with van der Waals surface area (Å²) in [5, 5.41) is -0.564. The molecule has 6 heteroatoms. The quantitative estimate of drug-likeness (QED) is 0.727. The van der Waals surface area contributed by atoms with Gasteiger partial charge in [-0.15, -0.1) is 0 Å². The maximum Gasteiger partial charge on any atom is 0.424 e. The lowest BCUT2D eigenvalue weighted by molar-refractivity contribution is -0.127. The SMILES string of the molecule is CCCOC(=O)N1C(=O)SC(C)(C)C1=O. The molecule has 1 fully saturated rings. The first kappa shape index (κ1) is 12.0. The normalized spacial score (nSPS) is 19.5. The average Bonchev–Trinajstić information content (AvgIpc) is 2.33. The predicted molar refractivity (Wildman–Crippen MR) is 55.6 cm³/mol. The first-order valence-electron chi connectivity index (χ1n) is 4.64. The molecular weight excluding hydrogens is 218 g/mol. The van der Waals surface area contributed by atoms with E-state index in [9.17, 15) is 14.4 Å². The van der Waals surface area contributed by atoms with E-state index in [2.05, 4.69) is 0 Å². The molecule has 0 unspecified atom stereocenters. The molecule has 0 N–H and O–H groups in total. The summed E-state index contributed by atoms with van der Waals surface area (Å²) < 4.78 is 3.87. The van der Waals surface area contributed by atoms with E-state index in [1.54, 1.807) is 13.8 Å². The van der Waals surface area contributed by atoms with Crippen LogP contribution in [0, 0.1) is 0 Å². The second kappa shape index (κ2) is 4.22. The van der Waals surface area contributed by atoms with E-state index in [1.165, 1.54) is 0 Å². The molecule has 0 saturated carbocycles. The average molecular weight is 231 g/mol. The molecule has 0 atom stereocenters. The van der Waals surface area contributed by atoms with E-state index in [1.807, 2.05) is 6.92 Å². The van der Waals surface area contributed by atoms with Gasteiger partial charge in [0.1, 0.15) is 0 Å². The molecule has 84 valence electrons. The number of ether oxygens (including phenoxy) is 1. The molecule has 0 radical (unpaired) electrons. The molecule has 1 aliphatic rings. The predicted octanol–water partition coefficient (Wildman–Crippen LogP) is 2.01. The Labute approximate surface area is 92.1 Å². The van der Waals surface area contributed by atoms with Gasteiger partial charge in [-0.2, -0.15) is 4.90 Å². The molecule has 1 saturated heterocycles. The van der Waals surface area contributed by atoms with Gasteiger partial charge in [-0.05, 0) is 32.0 Å². The van der Waals surface area contributed by atoms with Crippen LogP contribution in [0.5, 0.6) is 0 Å². The van der Waals surface area contributed by atoms with Crippen molar-refractivity contribution in [2.24, 2.45) is 0 Å². The highest BCUT2D eigenvalue weighted by atomic mass is 32.2. The van der Waals surface area contributed by atoms with Crippen LogP contribution in [-0.4, -0.2) is 33.5 Å². The van der Waals surface area contributed by atoms with Crippen molar-refractivity contribution >= 4 is 29.0 Å². The van der Waals surface area contributed by atoms with Gasteiger partial charge >= 0.3 is 6.09 Å². The Morgan fingerprint density at radius 3 is 2.47 bits per heavy atom. The summed E-state index contributed by atoms with van der Waals surface area (Å²) in [5.74, 6) is -0.515. The fourth-order valence-corrected chi connectivity index (χ4v) is 1.93. The summed E-state index contributed by atoms with van der Waals surface area (Å²) in [6.07, 6.45) is -0.219. The highest BCUT2D eigenvalue weighted by Crippen LogP contribution is 2.36. The van der Waals surface area contributed by atoms with Crippen molar-refractivity contribution in [3.63, 3.8) is 0 Å². The number of thioether (sulfide) groups is 1. The van der Waals surface area contributed by atoms with Gasteiger partial charge in [0.2, 0.25) is 0 Å². The largest absolute Gasteiger partial charge is 0.449 e. The number of amides is 3. The minimum absolute atomic E-state index is 0.209. The van der Waals surface area contributed by atoms with Crippen molar-refractivity contribution in [1.82, 2.24) is 4.90 Å². The third kappa shape index (κ3) is 2.31. The molecule has 0 bridgehead atoms. The molecule has 0 aromatic carbocycles. The van der Waals surface area contributed by atoms with Gasteiger partial charge in [0.25, 0.3) is 11.1 Å². The molecule has 0 aliphatic carbocycles. The van der Waals surface area contributed by atoms with Gasteiger partial charge in [-0.3, -0.25) is 9.59 Å². The number of hydrogen-bond donors (Lipinski definition) is 0. The fraction of sp³-hybridized carbons (Fsp3) is 0.667. The Bertz CT molecular complexity index is 313. The number of rotatable bonds is 2. The maximum atomic E-state index is 11.6. The van der Waals surface area contributed by atoms with Crippen molar-refractivity contribution < 1.29 is 19.1 Å². The van der Waals surface area contributed by atoms with E-state index in [0.29, 0.717) is 11.3 Å². The van der Waals surface area contributed by atoms with Gasteiger partial charge in [-0.25, -0.2) is 4.79 Å². The van der Waals surface area contributed by atoms with Crippen LogP contribution in [0.15, 0.2) is 0 Å². The van der Waals surface area contributed by atoms with Crippen LogP contribution in [-0.2, 0) is 9.53 Å². The number of carbonyl (C=O) groups excluding carboxylic acids is 3. The highest BCUT2D eigenvalue weighted by Gasteiger charge is 2.49. The van der Waals surface area contributed by atoms with Gasteiger partial charge in [0, 0.05) is 0 Å². The Morgan fingerprint density at radius 2 is 2.07 bits per heavy atom. The van der Waals surface area contributed by atoms with Crippen LogP contribution in [0.1, 0.15) is 27.2 Å². The number of nitrogens with zero attached hydrogens (tertiary/aromatic N) is 1. The van der Waals surface area contributed by atoms with Gasteiger partial charge in [0.05, 0.1) is 11.4 Å². The first-order valence-corrected chi connectivity index (χ1v) is 5.46. The number of imide groups is 3. The lowest BCUT2D eigenvalue weighted by Gasteiger charge is -2.14. The topological polar surface area (TPSA) is 63.7 Å². The summed E-state index contributed by atoms with van der Waals surface area (Å²) >= 11 is 0.837. The Hall–Kier alpha value is -1.04. The smallest absolute Gasteiger partial charge is 0.424 e. The van der Waals surface area contributed by atoms with E-state index in [-0.39, 0.29) is 6.61 Å². The third-order valence-electron chi connectivity index (χ3n) is 1.86. The van der Waals surface area contributed by atoms with Crippen LogP contribution in [0.2, 0.25) is 0 Å². The third-order valence-corrected chi connectivity index (χ3v) is 2.90. The van der Waals surface area contributed by atoms with Gasteiger partial charge in [0.15, 0.2) is 0 Å². The second-order valence-electron chi connectivity index (χ2n) is 3.63. The summed E-state index contributed by atoms with van der Waals surface area (Å²) in [5.41, 5.74) is 0. The Balaban J connectivity index is 2.74. The summed E-state index contributed by atoms with van der Waals surface area (Å²) in [6.45, 7) is 5.25. The van der Waals surface area contributed by atoms with Crippen LogP contribution in [0.3, 0.4) is 0 Å². The zero-order valence-corrected chi connectivity index (χ0v) is 9.72. The van der Waals surface area contributed by atoms with Gasteiger partial charge < -0.3 is 4.74 Å². The van der Waals surface area contributed by atoms with Crippen molar-refractivity contribution in [1.29, 1.82) is 0 Å². The lowest BCUT2D eigenvalue weighted by Crippen LogP contribution is -2.40. The van der Waals surface area contributed by atoms with Crippen molar-refractivity contribution in [2.75, 3.05) is 6.61 Å². The zero-order valence-electron chi connectivity index (χ0n) is 8.90. The molecule has 1 aliphatic heterocycles.